The molecule has 1 saturated carbocycles. The summed E-state index contributed by atoms with van der Waals surface area (Å²) in [5.74, 6) is 0.0368. The summed E-state index contributed by atoms with van der Waals surface area (Å²) in [6.45, 7) is 2.96. The molecule has 0 saturated heterocycles. The number of amides is 1. The third-order valence-electron chi connectivity index (χ3n) is 4.19. The number of hydrogen-bond donors (Lipinski definition) is 3. The number of aromatic nitrogens is 2. The number of anilines is 2. The largest absolute Gasteiger partial charge is 0.411 e. The van der Waals surface area contributed by atoms with Crippen LogP contribution in [-0.4, -0.2) is 47.3 Å². The number of carbonyl (C=O) groups is 1. The summed E-state index contributed by atoms with van der Waals surface area (Å²) < 4.78 is 41.6. The Morgan fingerprint density at radius 2 is 2.07 bits per heavy atom. The van der Waals surface area contributed by atoms with E-state index < -0.39 is 18.7 Å². The van der Waals surface area contributed by atoms with Gasteiger partial charge in [-0.25, -0.2) is 4.98 Å². The summed E-state index contributed by atoms with van der Waals surface area (Å²) in [4.78, 5) is 19.9. The van der Waals surface area contributed by atoms with Gasteiger partial charge < -0.3 is 21.1 Å². The number of ether oxygens (including phenoxy) is 1. The van der Waals surface area contributed by atoms with Crippen LogP contribution in [0.2, 0.25) is 0 Å². The summed E-state index contributed by atoms with van der Waals surface area (Å²) in [5.41, 5.74) is 5.52. The molecule has 0 bridgehead atoms. The number of nitrogens with two attached hydrogens (primary N) is 1. The summed E-state index contributed by atoms with van der Waals surface area (Å²) in [7, 11) is 0. The van der Waals surface area contributed by atoms with Crippen molar-refractivity contribution in [1.82, 2.24) is 9.97 Å². The van der Waals surface area contributed by atoms with E-state index in [1.165, 1.54) is 6.20 Å². The maximum atomic E-state index is 12.2. The van der Waals surface area contributed by atoms with Gasteiger partial charge in [-0.3, -0.25) is 4.79 Å². The summed E-state index contributed by atoms with van der Waals surface area (Å²) >= 11 is 0. The van der Waals surface area contributed by atoms with Crippen LogP contribution in [0.25, 0.3) is 0 Å². The van der Waals surface area contributed by atoms with Crippen molar-refractivity contribution in [1.29, 1.82) is 0 Å². The smallest absolute Gasteiger partial charge is 0.369 e. The quantitative estimate of drug-likeness (QED) is 0.445. The molecule has 1 aromatic heterocycles. The fourth-order valence-corrected chi connectivity index (χ4v) is 2.83. The highest BCUT2D eigenvalue weighted by Gasteiger charge is 2.31. The number of carbonyl (C=O) groups excluding carboxylic acids is 1. The molecule has 7 nitrogen and oxygen atoms in total. The SMILES string of the molecule is C=CCCNc1nc(N[C@H]2CC[C@H](OCC(F)(F)F)CC2)ncc1C(N)=O. The highest BCUT2D eigenvalue weighted by atomic mass is 19.4. The topological polar surface area (TPSA) is 102 Å². The Balaban J connectivity index is 1.91. The third-order valence-corrected chi connectivity index (χ3v) is 4.19. The van der Waals surface area contributed by atoms with E-state index in [0.29, 0.717) is 50.4 Å². The normalized spacial score (nSPS) is 20.1. The van der Waals surface area contributed by atoms with Gasteiger partial charge in [0, 0.05) is 18.8 Å². The standard InChI is InChI=1S/C17H24F3N5O2/c1-2-3-8-22-15-13(14(21)26)9-23-16(25-15)24-11-4-6-12(7-5-11)27-10-17(18,19)20/h2,9,11-12H,1,3-8,10H2,(H2,21,26)(H2,22,23,24,25)/t11-,12-. The van der Waals surface area contributed by atoms with Crippen LogP contribution in [0.15, 0.2) is 18.9 Å². The molecule has 1 amide bonds. The number of alkyl halides is 3. The summed E-state index contributed by atoms with van der Waals surface area (Å²) in [6.07, 6.45) is 1.41. The second-order valence-corrected chi connectivity index (χ2v) is 6.37. The molecule has 0 aliphatic heterocycles. The lowest BCUT2D eigenvalue weighted by atomic mass is 9.93. The minimum atomic E-state index is -4.31. The molecule has 10 heteroatoms. The number of nitrogens with one attached hydrogen (secondary N) is 2. The van der Waals surface area contributed by atoms with E-state index in [2.05, 4.69) is 27.2 Å². The molecule has 0 aromatic carbocycles. The van der Waals surface area contributed by atoms with E-state index in [9.17, 15) is 18.0 Å². The van der Waals surface area contributed by atoms with Crippen LogP contribution in [0, 0.1) is 0 Å². The number of rotatable bonds is 9. The molecular weight excluding hydrogens is 363 g/mol. The predicted octanol–water partition coefficient (Wildman–Crippen LogP) is 2.87. The van der Waals surface area contributed by atoms with Crippen LogP contribution in [0.5, 0.6) is 0 Å². The van der Waals surface area contributed by atoms with E-state index in [0.717, 1.165) is 0 Å². The predicted molar refractivity (Wildman–Crippen MR) is 95.5 cm³/mol. The van der Waals surface area contributed by atoms with Gasteiger partial charge in [-0.1, -0.05) is 6.08 Å². The molecule has 0 unspecified atom stereocenters. The first-order valence-electron chi connectivity index (χ1n) is 8.75. The average molecular weight is 387 g/mol. The first-order chi connectivity index (χ1) is 12.8. The van der Waals surface area contributed by atoms with Gasteiger partial charge in [0.1, 0.15) is 12.4 Å². The van der Waals surface area contributed by atoms with Crippen molar-refractivity contribution >= 4 is 17.7 Å². The van der Waals surface area contributed by atoms with Gasteiger partial charge in [-0.05, 0) is 32.1 Å². The number of nitrogens with zero attached hydrogens (tertiary/aromatic N) is 2. The zero-order chi connectivity index (χ0) is 19.9. The first-order valence-corrected chi connectivity index (χ1v) is 8.75. The van der Waals surface area contributed by atoms with Crippen LogP contribution in [0.4, 0.5) is 24.9 Å². The molecule has 27 heavy (non-hydrogen) atoms. The van der Waals surface area contributed by atoms with Crippen molar-refractivity contribution in [3.8, 4) is 0 Å². The average Bonchev–Trinajstić information content (AvgIpc) is 2.61. The van der Waals surface area contributed by atoms with Crippen molar-refractivity contribution in [2.24, 2.45) is 5.73 Å². The van der Waals surface area contributed by atoms with Crippen molar-refractivity contribution in [3.05, 3.63) is 24.4 Å². The molecular formula is C17H24F3N5O2. The summed E-state index contributed by atoms with van der Waals surface area (Å²) in [5, 5.41) is 6.18. The van der Waals surface area contributed by atoms with E-state index in [1.54, 1.807) is 6.08 Å². The number of primary amides is 1. The Labute approximate surface area is 155 Å². The third kappa shape index (κ3) is 7.05. The van der Waals surface area contributed by atoms with Gasteiger partial charge in [0.15, 0.2) is 0 Å². The lowest BCUT2D eigenvalue weighted by Crippen LogP contribution is -2.32. The molecule has 1 aromatic rings. The molecule has 1 fully saturated rings. The highest BCUT2D eigenvalue weighted by molar-refractivity contribution is 5.97. The minimum Gasteiger partial charge on any atom is -0.369 e. The van der Waals surface area contributed by atoms with Gasteiger partial charge in [0.25, 0.3) is 5.91 Å². The maximum absolute atomic E-state index is 12.2. The fraction of sp³-hybridized carbons (Fsp3) is 0.588. The molecule has 1 heterocycles. The second-order valence-electron chi connectivity index (χ2n) is 6.37. The Kier molecular flexibility index (Phi) is 7.40. The Bertz CT molecular complexity index is 646. The van der Waals surface area contributed by atoms with Crippen LogP contribution in [0.3, 0.4) is 0 Å². The molecule has 0 spiro atoms. The number of hydrogen-bond acceptors (Lipinski definition) is 6. The van der Waals surface area contributed by atoms with Crippen molar-refractivity contribution in [3.63, 3.8) is 0 Å². The van der Waals surface area contributed by atoms with E-state index in [-0.39, 0.29) is 17.7 Å². The highest BCUT2D eigenvalue weighted by Crippen LogP contribution is 2.26. The van der Waals surface area contributed by atoms with Gasteiger partial charge in [-0.15, -0.1) is 6.58 Å². The van der Waals surface area contributed by atoms with Crippen LogP contribution in [-0.2, 0) is 4.74 Å². The van der Waals surface area contributed by atoms with Crippen LogP contribution < -0.4 is 16.4 Å². The van der Waals surface area contributed by atoms with Crippen LogP contribution in [0.1, 0.15) is 42.5 Å². The van der Waals surface area contributed by atoms with Gasteiger partial charge in [0.05, 0.1) is 11.7 Å². The Hall–Kier alpha value is -2.36. The lowest BCUT2D eigenvalue weighted by Gasteiger charge is -2.29. The monoisotopic (exact) mass is 387 g/mol. The Morgan fingerprint density at radius 1 is 1.37 bits per heavy atom. The summed E-state index contributed by atoms with van der Waals surface area (Å²) in [6, 6.07) is 0.0242. The first kappa shape index (κ1) is 20.9. The second kappa shape index (κ2) is 9.54. The Morgan fingerprint density at radius 3 is 2.67 bits per heavy atom. The van der Waals surface area contributed by atoms with Gasteiger partial charge >= 0.3 is 6.18 Å². The zero-order valence-corrected chi connectivity index (χ0v) is 14.9. The lowest BCUT2D eigenvalue weighted by molar-refractivity contribution is -0.187. The van der Waals surface area contributed by atoms with Crippen LogP contribution >= 0.6 is 0 Å². The molecule has 4 N–H and O–H groups in total. The fourth-order valence-electron chi connectivity index (χ4n) is 2.83. The van der Waals surface area contributed by atoms with Gasteiger partial charge in [0.2, 0.25) is 5.95 Å². The molecule has 2 rings (SSSR count). The van der Waals surface area contributed by atoms with Gasteiger partial charge in [-0.2, -0.15) is 18.2 Å². The number of halogens is 3. The molecule has 150 valence electrons. The van der Waals surface area contributed by atoms with Crippen molar-refractivity contribution in [2.45, 2.75) is 50.4 Å². The van der Waals surface area contributed by atoms with E-state index >= 15 is 0 Å². The van der Waals surface area contributed by atoms with E-state index in [4.69, 9.17) is 10.5 Å². The maximum Gasteiger partial charge on any atom is 0.411 e. The molecule has 1 aliphatic rings. The van der Waals surface area contributed by atoms with Crippen molar-refractivity contribution in [2.75, 3.05) is 23.8 Å². The molecule has 0 atom stereocenters. The molecule has 1 aliphatic carbocycles. The van der Waals surface area contributed by atoms with E-state index in [1.807, 2.05) is 0 Å². The minimum absolute atomic E-state index is 0.0242. The zero-order valence-electron chi connectivity index (χ0n) is 14.9. The molecule has 0 radical (unpaired) electrons. The van der Waals surface area contributed by atoms with Crippen molar-refractivity contribution < 1.29 is 22.7 Å².